The first-order chi connectivity index (χ1) is 10.3. The molecule has 0 bridgehead atoms. The van der Waals surface area contributed by atoms with Gasteiger partial charge in [0.1, 0.15) is 6.33 Å². The van der Waals surface area contributed by atoms with Gasteiger partial charge in [0.25, 0.3) is 5.91 Å². The lowest BCUT2D eigenvalue weighted by molar-refractivity contribution is 0.0738. The molecule has 0 unspecified atom stereocenters. The molecule has 3 rings (SSSR count). The van der Waals surface area contributed by atoms with Gasteiger partial charge in [-0.2, -0.15) is 11.3 Å². The van der Waals surface area contributed by atoms with E-state index in [0.29, 0.717) is 26.3 Å². The molecular formula is C15H17N3O2S. The van der Waals surface area contributed by atoms with E-state index in [1.807, 2.05) is 27.8 Å². The molecule has 0 aliphatic carbocycles. The van der Waals surface area contributed by atoms with Gasteiger partial charge in [0.2, 0.25) is 0 Å². The molecule has 1 amide bonds. The van der Waals surface area contributed by atoms with Gasteiger partial charge < -0.3 is 9.64 Å². The number of aromatic nitrogens is 2. The molecule has 0 radical (unpaired) electrons. The van der Waals surface area contributed by atoms with Crippen LogP contribution in [0.3, 0.4) is 0 Å². The van der Waals surface area contributed by atoms with Gasteiger partial charge in [0.15, 0.2) is 0 Å². The zero-order chi connectivity index (χ0) is 14.5. The number of carbonyl (C=O) groups excluding carboxylic acids is 1. The molecule has 5 nitrogen and oxygen atoms in total. The standard InChI is InChI=1S/C15H17N3O2S/c19-15(13-2-6-21-10-13)18-4-5-20-9-12(8-18)7-14-1-3-16-11-17-14/h1-3,6,10-12H,4-5,7-9H2/t12-/m1/s1. The van der Waals surface area contributed by atoms with Crippen molar-refractivity contribution in [3.63, 3.8) is 0 Å². The smallest absolute Gasteiger partial charge is 0.254 e. The summed E-state index contributed by atoms with van der Waals surface area (Å²) in [5, 5.41) is 3.83. The van der Waals surface area contributed by atoms with E-state index < -0.39 is 0 Å². The summed E-state index contributed by atoms with van der Waals surface area (Å²) in [6.45, 7) is 2.61. The predicted octanol–water partition coefficient (Wildman–Crippen LogP) is 1.87. The third-order valence-electron chi connectivity index (χ3n) is 3.53. The largest absolute Gasteiger partial charge is 0.379 e. The van der Waals surface area contributed by atoms with Crippen LogP contribution in [-0.2, 0) is 11.2 Å². The lowest BCUT2D eigenvalue weighted by atomic mass is 10.0. The number of rotatable bonds is 3. The Hall–Kier alpha value is -1.79. The summed E-state index contributed by atoms with van der Waals surface area (Å²) in [6, 6.07) is 3.79. The monoisotopic (exact) mass is 303 g/mol. The maximum Gasteiger partial charge on any atom is 0.254 e. The lowest BCUT2D eigenvalue weighted by Crippen LogP contribution is -2.36. The maximum absolute atomic E-state index is 12.5. The average molecular weight is 303 g/mol. The minimum atomic E-state index is 0.0921. The van der Waals surface area contributed by atoms with Gasteiger partial charge in [-0.1, -0.05) is 0 Å². The summed E-state index contributed by atoms with van der Waals surface area (Å²) in [6.07, 6.45) is 4.10. The number of amides is 1. The SMILES string of the molecule is O=C(c1ccsc1)N1CCOC[C@H](Cc2ccncn2)C1. The van der Waals surface area contributed by atoms with Crippen molar-refractivity contribution in [2.24, 2.45) is 5.92 Å². The number of thiophene rings is 1. The maximum atomic E-state index is 12.5. The minimum Gasteiger partial charge on any atom is -0.379 e. The molecule has 0 aromatic carbocycles. The molecule has 1 aliphatic rings. The molecule has 110 valence electrons. The van der Waals surface area contributed by atoms with Crippen molar-refractivity contribution in [3.05, 3.63) is 46.7 Å². The van der Waals surface area contributed by atoms with Crippen LogP contribution < -0.4 is 0 Å². The van der Waals surface area contributed by atoms with Crippen molar-refractivity contribution in [2.75, 3.05) is 26.3 Å². The van der Waals surface area contributed by atoms with E-state index in [1.54, 1.807) is 23.9 Å². The fraction of sp³-hybridized carbons (Fsp3) is 0.400. The van der Waals surface area contributed by atoms with Crippen molar-refractivity contribution in [3.8, 4) is 0 Å². The molecule has 21 heavy (non-hydrogen) atoms. The summed E-state index contributed by atoms with van der Waals surface area (Å²) in [5.41, 5.74) is 1.76. The highest BCUT2D eigenvalue weighted by molar-refractivity contribution is 7.08. The highest BCUT2D eigenvalue weighted by Gasteiger charge is 2.24. The fourth-order valence-corrected chi connectivity index (χ4v) is 3.12. The molecule has 2 aromatic heterocycles. The van der Waals surface area contributed by atoms with Crippen molar-refractivity contribution in [1.29, 1.82) is 0 Å². The molecule has 6 heteroatoms. The summed E-state index contributed by atoms with van der Waals surface area (Å²) >= 11 is 1.54. The third kappa shape index (κ3) is 3.65. The normalized spacial score (nSPS) is 19.2. The summed E-state index contributed by atoms with van der Waals surface area (Å²) in [5.74, 6) is 0.361. The second kappa shape index (κ2) is 6.78. The third-order valence-corrected chi connectivity index (χ3v) is 4.22. The van der Waals surface area contributed by atoms with E-state index in [2.05, 4.69) is 9.97 Å². The Balaban J connectivity index is 1.67. The molecule has 2 aromatic rings. The van der Waals surface area contributed by atoms with Crippen LogP contribution in [0.15, 0.2) is 35.4 Å². The first kappa shape index (κ1) is 14.2. The Bertz CT molecular complexity index is 574. The molecule has 1 saturated heterocycles. The number of hydrogen-bond donors (Lipinski definition) is 0. The van der Waals surface area contributed by atoms with Crippen LogP contribution in [0.5, 0.6) is 0 Å². The van der Waals surface area contributed by atoms with E-state index in [4.69, 9.17) is 4.74 Å². The molecule has 1 atom stereocenters. The van der Waals surface area contributed by atoms with Gasteiger partial charge in [-0.05, 0) is 23.9 Å². The number of hydrogen-bond acceptors (Lipinski definition) is 5. The van der Waals surface area contributed by atoms with Gasteiger partial charge in [0, 0.05) is 36.3 Å². The number of nitrogens with zero attached hydrogens (tertiary/aromatic N) is 3. The van der Waals surface area contributed by atoms with Crippen molar-refractivity contribution >= 4 is 17.2 Å². The molecule has 1 fully saturated rings. The van der Waals surface area contributed by atoms with Crippen LogP contribution in [-0.4, -0.2) is 47.1 Å². The van der Waals surface area contributed by atoms with Crippen LogP contribution in [0.2, 0.25) is 0 Å². The highest BCUT2D eigenvalue weighted by Crippen LogP contribution is 2.16. The summed E-state index contributed by atoms with van der Waals surface area (Å²) in [7, 11) is 0. The Morgan fingerprint density at radius 2 is 2.43 bits per heavy atom. The second-order valence-electron chi connectivity index (χ2n) is 5.11. The molecule has 0 N–H and O–H groups in total. The van der Waals surface area contributed by atoms with E-state index in [1.165, 1.54) is 0 Å². The van der Waals surface area contributed by atoms with E-state index >= 15 is 0 Å². The van der Waals surface area contributed by atoms with Gasteiger partial charge in [-0.3, -0.25) is 4.79 Å². The van der Waals surface area contributed by atoms with Gasteiger partial charge in [-0.15, -0.1) is 0 Å². The Morgan fingerprint density at radius 3 is 3.19 bits per heavy atom. The van der Waals surface area contributed by atoms with Crippen molar-refractivity contribution < 1.29 is 9.53 Å². The lowest BCUT2D eigenvalue weighted by Gasteiger charge is -2.23. The van der Waals surface area contributed by atoms with E-state index in [9.17, 15) is 4.79 Å². The number of ether oxygens (including phenoxy) is 1. The predicted molar refractivity (Wildman–Crippen MR) is 80.3 cm³/mol. The second-order valence-corrected chi connectivity index (χ2v) is 5.89. The van der Waals surface area contributed by atoms with Gasteiger partial charge >= 0.3 is 0 Å². The van der Waals surface area contributed by atoms with Crippen LogP contribution in [0, 0.1) is 5.92 Å². The van der Waals surface area contributed by atoms with Crippen molar-refractivity contribution in [2.45, 2.75) is 6.42 Å². The molecule has 3 heterocycles. The topological polar surface area (TPSA) is 55.3 Å². The summed E-state index contributed by atoms with van der Waals surface area (Å²) in [4.78, 5) is 22.5. The van der Waals surface area contributed by atoms with Crippen LogP contribution in [0.4, 0.5) is 0 Å². The average Bonchev–Trinajstić information content (AvgIpc) is 2.95. The molecular weight excluding hydrogens is 286 g/mol. The molecule has 0 spiro atoms. The minimum absolute atomic E-state index is 0.0921. The van der Waals surface area contributed by atoms with Gasteiger partial charge in [-0.25, -0.2) is 9.97 Å². The quantitative estimate of drug-likeness (QED) is 0.868. The zero-order valence-electron chi connectivity index (χ0n) is 11.6. The first-order valence-corrected chi connectivity index (χ1v) is 7.91. The highest BCUT2D eigenvalue weighted by atomic mass is 32.1. The zero-order valence-corrected chi connectivity index (χ0v) is 12.5. The Labute approximate surface area is 127 Å². The molecule has 0 saturated carbocycles. The van der Waals surface area contributed by atoms with E-state index in [-0.39, 0.29) is 11.8 Å². The first-order valence-electron chi connectivity index (χ1n) is 6.97. The van der Waals surface area contributed by atoms with Crippen LogP contribution in [0.1, 0.15) is 16.1 Å². The van der Waals surface area contributed by atoms with Crippen LogP contribution in [0.25, 0.3) is 0 Å². The fourth-order valence-electron chi connectivity index (χ4n) is 2.49. The number of carbonyl (C=O) groups is 1. The summed E-state index contributed by atoms with van der Waals surface area (Å²) < 4.78 is 5.64. The van der Waals surface area contributed by atoms with Crippen LogP contribution >= 0.6 is 11.3 Å². The Kier molecular flexibility index (Phi) is 4.57. The van der Waals surface area contributed by atoms with Crippen molar-refractivity contribution in [1.82, 2.24) is 14.9 Å². The van der Waals surface area contributed by atoms with Gasteiger partial charge in [0.05, 0.1) is 18.8 Å². The van der Waals surface area contributed by atoms with E-state index in [0.717, 1.165) is 17.7 Å². The Morgan fingerprint density at radius 1 is 1.48 bits per heavy atom. The molecule has 1 aliphatic heterocycles.